The minimum Gasteiger partial charge on any atom is -0.496 e. The maximum atomic E-state index is 12.4. The number of anilines is 2. The van der Waals surface area contributed by atoms with Gasteiger partial charge in [0.1, 0.15) is 5.75 Å². The van der Waals surface area contributed by atoms with E-state index in [0.29, 0.717) is 12.1 Å². The average Bonchev–Trinajstić information content (AvgIpc) is 3.30. The highest BCUT2D eigenvalue weighted by Gasteiger charge is 2.43. The van der Waals surface area contributed by atoms with Gasteiger partial charge in [0.05, 0.1) is 12.7 Å². The zero-order valence-corrected chi connectivity index (χ0v) is 20.1. The highest BCUT2D eigenvalue weighted by atomic mass is 19.4. The maximum Gasteiger partial charge on any atom is 0.490 e. The van der Waals surface area contributed by atoms with E-state index in [1.807, 2.05) is 0 Å². The van der Waals surface area contributed by atoms with Gasteiger partial charge in [0.2, 0.25) is 0 Å². The second kappa shape index (κ2) is 12.9. The van der Waals surface area contributed by atoms with Crippen molar-refractivity contribution < 1.29 is 36.7 Å². The number of benzene rings is 1. The fourth-order valence-electron chi connectivity index (χ4n) is 3.13. The van der Waals surface area contributed by atoms with Crippen LogP contribution in [0.15, 0.2) is 22.6 Å². The summed E-state index contributed by atoms with van der Waals surface area (Å²) in [6, 6.07) is 4.72. The molecule has 2 aromatic rings. The van der Waals surface area contributed by atoms with Crippen molar-refractivity contribution in [2.24, 2.45) is 0 Å². The standard InChI is InChI=1S/C22H30F3N5O5/c1-5-16(34-20(32)22(23,24)25)18(31)27-14-9-10-15(17(13-14)33-4)19-28-29-21(35-19)26-11-8-12-30(6-2)7-3/h9-10,13,16H,5-8,11-12H2,1-4H3,(H,26,29)(H,27,31). The normalized spacial score (nSPS) is 12.3. The van der Waals surface area contributed by atoms with Crippen LogP contribution >= 0.6 is 0 Å². The summed E-state index contributed by atoms with van der Waals surface area (Å²) in [5, 5.41) is 13.5. The summed E-state index contributed by atoms with van der Waals surface area (Å²) in [6.45, 7) is 9.19. The first kappa shape index (κ1) is 27.9. The van der Waals surface area contributed by atoms with Crippen molar-refractivity contribution >= 4 is 23.6 Å². The Hall–Kier alpha value is -3.35. The van der Waals surface area contributed by atoms with Crippen LogP contribution in [0, 0.1) is 0 Å². The van der Waals surface area contributed by atoms with Gasteiger partial charge in [-0.05, 0) is 44.6 Å². The van der Waals surface area contributed by atoms with E-state index >= 15 is 0 Å². The molecule has 0 fully saturated rings. The molecule has 0 spiro atoms. The number of halogens is 3. The number of carbonyl (C=O) groups excluding carboxylic acids is 2. The number of methoxy groups -OCH3 is 1. The number of aromatic nitrogens is 2. The van der Waals surface area contributed by atoms with Crippen LogP contribution in [-0.2, 0) is 14.3 Å². The van der Waals surface area contributed by atoms with Gasteiger partial charge in [0, 0.05) is 18.3 Å². The third-order valence-electron chi connectivity index (χ3n) is 5.09. The lowest BCUT2D eigenvalue weighted by Gasteiger charge is -2.17. The molecule has 1 heterocycles. The van der Waals surface area contributed by atoms with Crippen molar-refractivity contribution in [2.45, 2.75) is 45.9 Å². The van der Waals surface area contributed by atoms with Crippen LogP contribution < -0.4 is 15.4 Å². The zero-order chi connectivity index (χ0) is 26.0. The summed E-state index contributed by atoms with van der Waals surface area (Å²) in [6.07, 6.45) is -6.05. The molecule has 13 heteroatoms. The van der Waals surface area contributed by atoms with E-state index < -0.39 is 24.2 Å². The van der Waals surface area contributed by atoms with E-state index in [0.717, 1.165) is 26.1 Å². The fourth-order valence-corrected chi connectivity index (χ4v) is 3.13. The molecule has 0 aliphatic rings. The summed E-state index contributed by atoms with van der Waals surface area (Å²) in [5.74, 6) is -2.88. The zero-order valence-electron chi connectivity index (χ0n) is 20.1. The number of alkyl halides is 3. The summed E-state index contributed by atoms with van der Waals surface area (Å²) in [4.78, 5) is 25.7. The molecule has 1 amide bonds. The van der Waals surface area contributed by atoms with E-state index in [2.05, 4.69) is 44.3 Å². The quantitative estimate of drug-likeness (QED) is 0.313. The van der Waals surface area contributed by atoms with E-state index in [-0.39, 0.29) is 29.8 Å². The molecule has 1 aromatic carbocycles. The van der Waals surface area contributed by atoms with Crippen LogP contribution in [0.1, 0.15) is 33.6 Å². The van der Waals surface area contributed by atoms with Crippen molar-refractivity contribution in [1.29, 1.82) is 0 Å². The molecule has 0 aliphatic carbocycles. The van der Waals surface area contributed by atoms with Crippen LogP contribution in [0.2, 0.25) is 0 Å². The lowest BCUT2D eigenvalue weighted by atomic mass is 10.1. The molecule has 0 saturated heterocycles. The van der Waals surface area contributed by atoms with Gasteiger partial charge < -0.3 is 29.4 Å². The molecule has 35 heavy (non-hydrogen) atoms. The molecule has 2 rings (SSSR count). The van der Waals surface area contributed by atoms with Gasteiger partial charge in [-0.15, -0.1) is 5.10 Å². The number of rotatable bonds is 13. The van der Waals surface area contributed by atoms with Crippen LogP contribution in [-0.4, -0.2) is 72.5 Å². The van der Waals surface area contributed by atoms with Gasteiger partial charge in [-0.2, -0.15) is 13.2 Å². The Bertz CT molecular complexity index is 979. The SMILES string of the molecule is CCC(OC(=O)C(F)(F)F)C(=O)Nc1ccc(-c2nnc(NCCCN(CC)CC)o2)c(OC)c1. The predicted molar refractivity (Wildman–Crippen MR) is 122 cm³/mol. The topological polar surface area (TPSA) is 119 Å². The van der Waals surface area contributed by atoms with Gasteiger partial charge in [-0.1, -0.05) is 25.9 Å². The van der Waals surface area contributed by atoms with E-state index in [1.165, 1.54) is 26.2 Å². The molecule has 1 atom stereocenters. The molecule has 2 N–H and O–H groups in total. The summed E-state index contributed by atoms with van der Waals surface area (Å²) in [7, 11) is 1.40. The second-order valence-electron chi connectivity index (χ2n) is 7.42. The number of ether oxygens (including phenoxy) is 2. The number of hydrogen-bond acceptors (Lipinski definition) is 9. The lowest BCUT2D eigenvalue weighted by molar-refractivity contribution is -0.204. The summed E-state index contributed by atoms with van der Waals surface area (Å²) in [5.41, 5.74) is 0.663. The summed E-state index contributed by atoms with van der Waals surface area (Å²) < 4.78 is 52.6. The van der Waals surface area contributed by atoms with Gasteiger partial charge >= 0.3 is 18.2 Å². The van der Waals surface area contributed by atoms with E-state index in [9.17, 15) is 22.8 Å². The van der Waals surface area contributed by atoms with E-state index in [1.54, 1.807) is 6.07 Å². The Morgan fingerprint density at radius 3 is 2.49 bits per heavy atom. The number of nitrogens with one attached hydrogen (secondary N) is 2. The van der Waals surface area contributed by atoms with Crippen LogP contribution in [0.5, 0.6) is 5.75 Å². The molecular weight excluding hydrogens is 471 g/mol. The van der Waals surface area contributed by atoms with E-state index in [4.69, 9.17) is 9.15 Å². The smallest absolute Gasteiger partial charge is 0.490 e. The van der Waals surface area contributed by atoms with Crippen LogP contribution in [0.25, 0.3) is 11.5 Å². The van der Waals surface area contributed by atoms with Crippen molar-refractivity contribution in [3.05, 3.63) is 18.2 Å². The Morgan fingerprint density at radius 1 is 1.17 bits per heavy atom. The Labute approximate surface area is 201 Å². The number of esters is 1. The molecule has 0 saturated carbocycles. The Kier molecular flexibility index (Phi) is 10.3. The van der Waals surface area contributed by atoms with Crippen molar-refractivity contribution in [1.82, 2.24) is 15.1 Å². The number of nitrogens with zero attached hydrogens (tertiary/aromatic N) is 3. The second-order valence-corrected chi connectivity index (χ2v) is 7.42. The first-order valence-electron chi connectivity index (χ1n) is 11.2. The molecule has 0 aliphatic heterocycles. The minimum atomic E-state index is -5.19. The third kappa shape index (κ3) is 8.12. The number of carbonyl (C=O) groups is 2. The van der Waals surface area contributed by atoms with Crippen LogP contribution in [0.3, 0.4) is 0 Å². The number of amides is 1. The van der Waals surface area contributed by atoms with Gasteiger partial charge in [-0.25, -0.2) is 4.79 Å². The molecule has 194 valence electrons. The predicted octanol–water partition coefficient (Wildman–Crippen LogP) is 3.71. The van der Waals surface area contributed by atoms with Crippen molar-refractivity contribution in [2.75, 3.05) is 43.9 Å². The fraction of sp³-hybridized carbons (Fsp3) is 0.545. The Balaban J connectivity index is 2.03. The highest BCUT2D eigenvalue weighted by molar-refractivity contribution is 5.96. The molecule has 1 unspecified atom stereocenters. The van der Waals surface area contributed by atoms with Crippen molar-refractivity contribution in [3.8, 4) is 17.2 Å². The highest BCUT2D eigenvalue weighted by Crippen LogP contribution is 2.32. The first-order valence-corrected chi connectivity index (χ1v) is 11.2. The molecule has 0 bridgehead atoms. The molecular formula is C22H30F3N5O5. The summed E-state index contributed by atoms with van der Waals surface area (Å²) >= 11 is 0. The third-order valence-corrected chi connectivity index (χ3v) is 5.09. The maximum absolute atomic E-state index is 12.4. The molecule has 0 radical (unpaired) electrons. The number of hydrogen-bond donors (Lipinski definition) is 2. The monoisotopic (exact) mass is 501 g/mol. The molecule has 10 nitrogen and oxygen atoms in total. The largest absolute Gasteiger partial charge is 0.496 e. The van der Waals surface area contributed by atoms with Crippen LogP contribution in [0.4, 0.5) is 24.9 Å². The first-order chi connectivity index (χ1) is 16.6. The van der Waals surface area contributed by atoms with Gasteiger partial charge in [0.25, 0.3) is 11.8 Å². The Morgan fingerprint density at radius 2 is 1.89 bits per heavy atom. The minimum absolute atomic E-state index is 0.143. The van der Waals surface area contributed by atoms with Gasteiger partial charge in [-0.3, -0.25) is 4.79 Å². The molecule has 1 aromatic heterocycles. The average molecular weight is 502 g/mol. The van der Waals surface area contributed by atoms with Crippen molar-refractivity contribution in [3.63, 3.8) is 0 Å². The van der Waals surface area contributed by atoms with Gasteiger partial charge in [0.15, 0.2) is 6.10 Å². The lowest BCUT2D eigenvalue weighted by Crippen LogP contribution is -2.36.